The highest BCUT2D eigenvalue weighted by atomic mass is 32.2. The number of aryl methyl sites for hydroxylation is 1. The SMILES string of the molecule is CCc1ccc(C=C2C(=O)N(C(=O)[O-])C(=S)[S+]2C)cc1. The van der Waals surface area contributed by atoms with Gasteiger partial charge in [-0.05, 0) is 29.8 Å². The normalized spacial score (nSPS) is 20.8. The van der Waals surface area contributed by atoms with Crippen LogP contribution < -0.4 is 5.11 Å². The Hall–Kier alpha value is -1.66. The molecule has 104 valence electrons. The van der Waals surface area contributed by atoms with Gasteiger partial charge >= 0.3 is 10.2 Å². The number of hydrogen-bond donors (Lipinski definition) is 0. The number of carbonyl (C=O) groups excluding carboxylic acids is 2. The quantitative estimate of drug-likeness (QED) is 0.469. The summed E-state index contributed by atoms with van der Waals surface area (Å²) in [5, 5.41) is 10.9. The molecule has 6 heteroatoms. The summed E-state index contributed by atoms with van der Waals surface area (Å²) in [6.07, 6.45) is 2.82. The summed E-state index contributed by atoms with van der Waals surface area (Å²) in [6, 6.07) is 7.77. The lowest BCUT2D eigenvalue weighted by Crippen LogP contribution is -2.44. The van der Waals surface area contributed by atoms with E-state index in [1.54, 1.807) is 12.3 Å². The van der Waals surface area contributed by atoms with Crippen LogP contribution in [0.5, 0.6) is 0 Å². The fourth-order valence-electron chi connectivity index (χ4n) is 1.86. The Labute approximate surface area is 125 Å². The molecule has 4 nitrogen and oxygen atoms in total. The van der Waals surface area contributed by atoms with Gasteiger partial charge in [0.05, 0.1) is 10.9 Å². The second-order valence-corrected chi connectivity index (χ2v) is 6.78. The van der Waals surface area contributed by atoms with E-state index in [0.717, 1.165) is 12.0 Å². The number of rotatable bonds is 2. The maximum Gasteiger partial charge on any atom is 0.316 e. The minimum atomic E-state index is -1.57. The number of carbonyl (C=O) groups is 2. The van der Waals surface area contributed by atoms with Gasteiger partial charge in [-0.3, -0.25) is 4.79 Å². The minimum absolute atomic E-state index is 0.103. The van der Waals surface area contributed by atoms with E-state index < -0.39 is 22.9 Å². The number of benzene rings is 1. The van der Waals surface area contributed by atoms with Crippen molar-refractivity contribution in [3.8, 4) is 0 Å². The van der Waals surface area contributed by atoms with Crippen LogP contribution in [0.2, 0.25) is 0 Å². The molecule has 1 atom stereocenters. The number of hydrogen-bond acceptors (Lipinski definition) is 4. The molecule has 2 rings (SSSR count). The summed E-state index contributed by atoms with van der Waals surface area (Å²) in [4.78, 5) is 23.9. The summed E-state index contributed by atoms with van der Waals surface area (Å²) in [7, 11) is -0.696. The number of nitrogens with zero attached hydrogens (tertiary/aromatic N) is 1. The van der Waals surface area contributed by atoms with Crippen LogP contribution in [0.15, 0.2) is 29.2 Å². The first-order valence-corrected chi connectivity index (χ1v) is 8.05. The van der Waals surface area contributed by atoms with E-state index in [1.807, 2.05) is 24.3 Å². The summed E-state index contributed by atoms with van der Waals surface area (Å²) in [5.74, 6) is -0.597. The molecule has 0 aliphatic carbocycles. The van der Waals surface area contributed by atoms with Gasteiger partial charge in [-0.25, -0.2) is 4.90 Å². The van der Waals surface area contributed by atoms with Gasteiger partial charge in [0, 0.05) is 6.08 Å². The Morgan fingerprint density at radius 1 is 1.40 bits per heavy atom. The smallest absolute Gasteiger partial charge is 0.316 e. The van der Waals surface area contributed by atoms with Crippen molar-refractivity contribution in [3.05, 3.63) is 40.3 Å². The van der Waals surface area contributed by atoms with E-state index in [-0.39, 0.29) is 4.32 Å². The highest BCUT2D eigenvalue weighted by molar-refractivity contribution is 8.24. The molecule has 1 aliphatic heterocycles. The van der Waals surface area contributed by atoms with Crippen molar-refractivity contribution >= 4 is 45.5 Å². The van der Waals surface area contributed by atoms with E-state index in [1.165, 1.54) is 5.56 Å². The Morgan fingerprint density at radius 2 is 2.00 bits per heavy atom. The lowest BCUT2D eigenvalue weighted by Gasteiger charge is -2.09. The number of amides is 2. The monoisotopic (exact) mass is 307 g/mol. The minimum Gasteiger partial charge on any atom is -0.529 e. The third-order valence-electron chi connectivity index (χ3n) is 3.06. The van der Waals surface area contributed by atoms with Crippen molar-refractivity contribution in [1.82, 2.24) is 4.90 Å². The van der Waals surface area contributed by atoms with E-state index in [2.05, 4.69) is 6.92 Å². The highest BCUT2D eigenvalue weighted by Crippen LogP contribution is 2.27. The molecule has 0 saturated carbocycles. The molecule has 0 bridgehead atoms. The van der Waals surface area contributed by atoms with Gasteiger partial charge in [0.15, 0.2) is 6.09 Å². The van der Waals surface area contributed by atoms with Gasteiger partial charge < -0.3 is 9.90 Å². The first-order valence-electron chi connectivity index (χ1n) is 6.01. The molecule has 0 N–H and O–H groups in total. The number of thiocarbonyl (C=S) groups is 1. The van der Waals surface area contributed by atoms with Gasteiger partial charge in [-0.1, -0.05) is 31.2 Å². The van der Waals surface area contributed by atoms with Crippen LogP contribution in [-0.4, -0.2) is 27.5 Å². The Morgan fingerprint density at radius 3 is 2.45 bits per heavy atom. The molecule has 1 saturated heterocycles. The molecular formula is C14H13NO3S2. The molecular weight excluding hydrogens is 294 g/mol. The van der Waals surface area contributed by atoms with Gasteiger partial charge in [-0.2, -0.15) is 0 Å². The first kappa shape index (κ1) is 14.7. The summed E-state index contributed by atoms with van der Waals surface area (Å²) in [5.41, 5.74) is 2.06. The number of carboxylic acid groups (broad SMARTS) is 1. The van der Waals surface area contributed by atoms with Crippen molar-refractivity contribution in [2.75, 3.05) is 6.26 Å². The average molecular weight is 307 g/mol. The zero-order valence-electron chi connectivity index (χ0n) is 11.1. The maximum atomic E-state index is 12.1. The fraction of sp³-hybridized carbons (Fsp3) is 0.214. The van der Waals surface area contributed by atoms with Crippen LogP contribution in [0.1, 0.15) is 18.1 Å². The Kier molecular flexibility index (Phi) is 4.25. The average Bonchev–Trinajstić information content (AvgIpc) is 2.63. The van der Waals surface area contributed by atoms with Crippen molar-refractivity contribution in [2.45, 2.75) is 13.3 Å². The molecule has 1 heterocycles. The van der Waals surface area contributed by atoms with Crippen LogP contribution in [0.25, 0.3) is 6.08 Å². The van der Waals surface area contributed by atoms with Crippen LogP contribution in [-0.2, 0) is 22.1 Å². The zero-order chi connectivity index (χ0) is 14.9. The van der Waals surface area contributed by atoms with Crippen molar-refractivity contribution < 1.29 is 14.7 Å². The van der Waals surface area contributed by atoms with E-state index in [9.17, 15) is 14.7 Å². The van der Waals surface area contributed by atoms with Gasteiger partial charge in [-0.15, -0.1) is 0 Å². The molecule has 1 aromatic rings. The summed E-state index contributed by atoms with van der Waals surface area (Å²) in [6.45, 7) is 2.06. The summed E-state index contributed by atoms with van der Waals surface area (Å²) < 4.78 is 0.103. The van der Waals surface area contributed by atoms with Crippen molar-refractivity contribution in [3.63, 3.8) is 0 Å². The lowest BCUT2D eigenvalue weighted by atomic mass is 10.1. The van der Waals surface area contributed by atoms with E-state index in [0.29, 0.717) is 9.81 Å². The Balaban J connectivity index is 2.36. The van der Waals surface area contributed by atoms with Crippen LogP contribution in [0, 0.1) is 0 Å². The van der Waals surface area contributed by atoms with Gasteiger partial charge in [0.25, 0.3) is 0 Å². The van der Waals surface area contributed by atoms with E-state index in [4.69, 9.17) is 12.2 Å². The fourth-order valence-corrected chi connectivity index (χ4v) is 3.58. The first-order chi connectivity index (χ1) is 9.45. The van der Waals surface area contributed by atoms with E-state index >= 15 is 0 Å². The topological polar surface area (TPSA) is 60.4 Å². The summed E-state index contributed by atoms with van der Waals surface area (Å²) >= 11 is 5.01. The van der Waals surface area contributed by atoms with Crippen molar-refractivity contribution in [1.29, 1.82) is 0 Å². The molecule has 2 amide bonds. The van der Waals surface area contributed by atoms with Gasteiger partial charge in [0.2, 0.25) is 4.91 Å². The highest BCUT2D eigenvalue weighted by Gasteiger charge is 2.48. The molecule has 20 heavy (non-hydrogen) atoms. The molecule has 1 unspecified atom stereocenters. The van der Waals surface area contributed by atoms with Crippen LogP contribution >= 0.6 is 12.2 Å². The van der Waals surface area contributed by atoms with Crippen molar-refractivity contribution in [2.24, 2.45) is 0 Å². The largest absolute Gasteiger partial charge is 0.529 e. The predicted octanol–water partition coefficient (Wildman–Crippen LogP) is 1.31. The Bertz CT molecular complexity index is 607. The molecule has 1 aromatic carbocycles. The molecule has 1 fully saturated rings. The molecule has 0 spiro atoms. The third-order valence-corrected chi connectivity index (χ3v) is 5.65. The molecule has 1 aliphatic rings. The standard InChI is InChI=1S/C14H13NO3S2/c1-3-9-4-6-10(7-5-9)8-11-12(16)15(13(17)18)14(19)20(11)2/h4-8H,3H2,1-2H3. The number of imide groups is 1. The maximum absolute atomic E-state index is 12.1. The molecule has 0 aromatic heterocycles. The van der Waals surface area contributed by atoms with Crippen LogP contribution in [0.3, 0.4) is 0 Å². The third kappa shape index (κ3) is 2.62. The predicted molar refractivity (Wildman–Crippen MR) is 81.9 cm³/mol. The van der Waals surface area contributed by atoms with Gasteiger partial charge in [0.1, 0.15) is 6.26 Å². The molecule has 0 radical (unpaired) electrons. The zero-order valence-corrected chi connectivity index (χ0v) is 12.7. The van der Waals surface area contributed by atoms with Crippen LogP contribution in [0.4, 0.5) is 4.79 Å². The lowest BCUT2D eigenvalue weighted by molar-refractivity contribution is -0.258. The second-order valence-electron chi connectivity index (χ2n) is 4.29. The second kappa shape index (κ2) is 5.76.